The largest absolute Gasteiger partial charge is 0.345 e. The van der Waals surface area contributed by atoms with Gasteiger partial charge in [0.2, 0.25) is 10.0 Å². The van der Waals surface area contributed by atoms with E-state index in [-0.39, 0.29) is 22.8 Å². The Kier molecular flexibility index (Phi) is 5.28. The van der Waals surface area contributed by atoms with E-state index in [9.17, 15) is 13.2 Å². The van der Waals surface area contributed by atoms with Crippen molar-refractivity contribution in [3.63, 3.8) is 0 Å². The molecule has 0 saturated carbocycles. The molecule has 0 fully saturated rings. The highest BCUT2D eigenvalue weighted by Gasteiger charge is 2.23. The van der Waals surface area contributed by atoms with E-state index in [1.807, 2.05) is 31.4 Å². The minimum absolute atomic E-state index is 0.0740. The third-order valence-electron chi connectivity index (χ3n) is 3.59. The second-order valence-corrected chi connectivity index (χ2v) is 8.46. The van der Waals surface area contributed by atoms with E-state index in [0.29, 0.717) is 5.69 Å². The number of aryl methyl sites for hydroxylation is 1. The SMILES string of the molecule is CNS(=O)(=O)c1cc(C(=O)N[C@H](c2cccs2)C(C)C)n(C)c1. The van der Waals surface area contributed by atoms with Crippen LogP contribution in [0.15, 0.2) is 34.7 Å². The molecule has 2 aromatic rings. The quantitative estimate of drug-likeness (QED) is 0.833. The van der Waals surface area contributed by atoms with Crippen molar-refractivity contribution in [2.75, 3.05) is 7.05 Å². The fraction of sp³-hybridized carbons (Fsp3) is 0.400. The monoisotopic (exact) mass is 355 g/mol. The van der Waals surface area contributed by atoms with Gasteiger partial charge in [-0.15, -0.1) is 11.3 Å². The molecule has 2 aromatic heterocycles. The molecule has 2 N–H and O–H groups in total. The third-order valence-corrected chi connectivity index (χ3v) is 5.93. The van der Waals surface area contributed by atoms with Crippen LogP contribution in [0.25, 0.3) is 0 Å². The van der Waals surface area contributed by atoms with Gasteiger partial charge in [0.15, 0.2) is 0 Å². The molecule has 2 rings (SSSR count). The van der Waals surface area contributed by atoms with Crippen LogP contribution in [0.4, 0.5) is 0 Å². The number of sulfonamides is 1. The number of aromatic nitrogens is 1. The van der Waals surface area contributed by atoms with Gasteiger partial charge in [-0.05, 0) is 30.5 Å². The van der Waals surface area contributed by atoms with Crippen LogP contribution in [0.5, 0.6) is 0 Å². The van der Waals surface area contributed by atoms with Crippen molar-refractivity contribution in [2.45, 2.75) is 24.8 Å². The van der Waals surface area contributed by atoms with Gasteiger partial charge in [0.1, 0.15) is 10.6 Å². The molecule has 6 nitrogen and oxygen atoms in total. The smallest absolute Gasteiger partial charge is 0.268 e. The average molecular weight is 355 g/mol. The molecule has 8 heteroatoms. The third kappa shape index (κ3) is 3.82. The normalized spacial score (nSPS) is 13.3. The number of carbonyl (C=O) groups is 1. The predicted molar refractivity (Wildman–Crippen MR) is 91.0 cm³/mol. The molecule has 0 bridgehead atoms. The van der Waals surface area contributed by atoms with E-state index in [0.717, 1.165) is 4.88 Å². The molecule has 0 spiro atoms. The summed E-state index contributed by atoms with van der Waals surface area (Å²) >= 11 is 1.59. The lowest BCUT2D eigenvalue weighted by Gasteiger charge is -2.21. The van der Waals surface area contributed by atoms with Gasteiger partial charge in [-0.3, -0.25) is 4.79 Å². The summed E-state index contributed by atoms with van der Waals surface area (Å²) in [6.07, 6.45) is 1.43. The van der Waals surface area contributed by atoms with E-state index in [1.165, 1.54) is 23.9 Å². The first-order valence-corrected chi connectivity index (χ1v) is 9.56. The van der Waals surface area contributed by atoms with Gasteiger partial charge >= 0.3 is 0 Å². The highest BCUT2D eigenvalue weighted by molar-refractivity contribution is 7.89. The van der Waals surface area contributed by atoms with E-state index in [1.54, 1.807) is 18.4 Å². The standard InChI is InChI=1S/C15H21N3O3S2/c1-10(2)14(13-6-5-7-22-13)17-15(19)12-8-11(9-18(12)4)23(20,21)16-3/h5-10,14,16H,1-4H3,(H,17,19)/t14-/m0/s1. The molecule has 23 heavy (non-hydrogen) atoms. The van der Waals surface area contributed by atoms with Crippen molar-refractivity contribution in [1.82, 2.24) is 14.6 Å². The van der Waals surface area contributed by atoms with Crippen molar-refractivity contribution in [3.05, 3.63) is 40.3 Å². The molecule has 0 aliphatic carbocycles. The molecule has 0 aromatic carbocycles. The first kappa shape index (κ1) is 17.7. The Hall–Kier alpha value is -1.64. The maximum atomic E-state index is 12.6. The van der Waals surface area contributed by atoms with Crippen LogP contribution in [0.3, 0.4) is 0 Å². The van der Waals surface area contributed by atoms with Crippen molar-refractivity contribution in [1.29, 1.82) is 0 Å². The first-order valence-electron chi connectivity index (χ1n) is 7.20. The second-order valence-electron chi connectivity index (χ2n) is 5.59. The van der Waals surface area contributed by atoms with Crippen LogP contribution in [0.2, 0.25) is 0 Å². The molecule has 0 aliphatic heterocycles. The first-order chi connectivity index (χ1) is 10.8. The number of nitrogens with one attached hydrogen (secondary N) is 2. The number of amides is 1. The van der Waals surface area contributed by atoms with Crippen LogP contribution < -0.4 is 10.0 Å². The van der Waals surface area contributed by atoms with Gasteiger partial charge in [-0.2, -0.15) is 0 Å². The molecule has 0 saturated heterocycles. The Morgan fingerprint density at radius 2 is 2.04 bits per heavy atom. The second kappa shape index (κ2) is 6.86. The zero-order chi connectivity index (χ0) is 17.2. The zero-order valence-corrected chi connectivity index (χ0v) is 15.2. The average Bonchev–Trinajstić information content (AvgIpc) is 3.13. The van der Waals surface area contributed by atoms with Gasteiger partial charge in [0.05, 0.1) is 6.04 Å². The molecular weight excluding hydrogens is 334 g/mol. The molecular formula is C15H21N3O3S2. The van der Waals surface area contributed by atoms with Crippen LogP contribution >= 0.6 is 11.3 Å². The highest BCUT2D eigenvalue weighted by Crippen LogP contribution is 2.26. The minimum Gasteiger partial charge on any atom is -0.345 e. The lowest BCUT2D eigenvalue weighted by atomic mass is 10.0. The number of hydrogen-bond donors (Lipinski definition) is 2. The number of nitrogens with zero attached hydrogens (tertiary/aromatic N) is 1. The molecule has 0 radical (unpaired) electrons. The topological polar surface area (TPSA) is 80.2 Å². The Morgan fingerprint density at radius 3 is 2.57 bits per heavy atom. The molecule has 126 valence electrons. The molecule has 2 heterocycles. The molecule has 0 unspecified atom stereocenters. The summed E-state index contributed by atoms with van der Waals surface area (Å²) < 4.78 is 27.5. The van der Waals surface area contributed by atoms with Crippen molar-refractivity contribution < 1.29 is 13.2 Å². The molecule has 1 atom stereocenters. The summed E-state index contributed by atoms with van der Waals surface area (Å²) in [5.41, 5.74) is 0.307. The lowest BCUT2D eigenvalue weighted by Crippen LogP contribution is -2.32. The predicted octanol–water partition coefficient (Wildman–Crippen LogP) is 2.12. The summed E-state index contributed by atoms with van der Waals surface area (Å²) in [4.78, 5) is 13.7. The fourth-order valence-corrected chi connectivity index (χ4v) is 4.02. The number of carbonyl (C=O) groups excluding carboxylic acids is 1. The Bertz CT molecular complexity index is 777. The zero-order valence-electron chi connectivity index (χ0n) is 13.5. The van der Waals surface area contributed by atoms with Crippen molar-refractivity contribution >= 4 is 27.3 Å². The summed E-state index contributed by atoms with van der Waals surface area (Å²) in [6, 6.07) is 5.20. The Balaban J connectivity index is 2.27. The van der Waals surface area contributed by atoms with Crippen molar-refractivity contribution in [3.8, 4) is 0 Å². The van der Waals surface area contributed by atoms with Gasteiger partial charge in [-0.1, -0.05) is 19.9 Å². The summed E-state index contributed by atoms with van der Waals surface area (Å²) in [6.45, 7) is 4.07. The fourth-order valence-electron chi connectivity index (χ4n) is 2.27. The van der Waals surface area contributed by atoms with Gasteiger partial charge < -0.3 is 9.88 Å². The Morgan fingerprint density at radius 1 is 1.35 bits per heavy atom. The van der Waals surface area contributed by atoms with E-state index in [4.69, 9.17) is 0 Å². The van der Waals surface area contributed by atoms with Crippen LogP contribution in [0, 0.1) is 5.92 Å². The van der Waals surface area contributed by atoms with E-state index in [2.05, 4.69) is 10.0 Å². The van der Waals surface area contributed by atoms with E-state index < -0.39 is 10.0 Å². The minimum atomic E-state index is -3.57. The number of thiophene rings is 1. The van der Waals surface area contributed by atoms with Crippen LogP contribution in [-0.2, 0) is 17.1 Å². The summed E-state index contributed by atoms with van der Waals surface area (Å²) in [5, 5.41) is 4.96. The van der Waals surface area contributed by atoms with Gasteiger partial charge in [-0.25, -0.2) is 13.1 Å². The van der Waals surface area contributed by atoms with E-state index >= 15 is 0 Å². The maximum absolute atomic E-state index is 12.6. The van der Waals surface area contributed by atoms with Gasteiger partial charge in [0, 0.05) is 18.1 Å². The number of hydrogen-bond acceptors (Lipinski definition) is 4. The van der Waals surface area contributed by atoms with Crippen LogP contribution in [-0.4, -0.2) is 25.9 Å². The maximum Gasteiger partial charge on any atom is 0.268 e. The summed E-state index contributed by atoms with van der Waals surface area (Å²) in [7, 11) is -0.577. The number of rotatable bonds is 6. The van der Waals surface area contributed by atoms with Gasteiger partial charge in [0.25, 0.3) is 5.91 Å². The summed E-state index contributed by atoms with van der Waals surface area (Å²) in [5.74, 6) is -0.0736. The van der Waals surface area contributed by atoms with Crippen LogP contribution in [0.1, 0.15) is 35.3 Å². The van der Waals surface area contributed by atoms with Crippen molar-refractivity contribution in [2.24, 2.45) is 13.0 Å². The highest BCUT2D eigenvalue weighted by atomic mass is 32.2. The Labute approximate surface area is 140 Å². The molecule has 1 amide bonds. The molecule has 0 aliphatic rings. The lowest BCUT2D eigenvalue weighted by molar-refractivity contribution is 0.0918.